The van der Waals surface area contributed by atoms with Crippen molar-refractivity contribution in [3.63, 3.8) is 0 Å². The van der Waals surface area contributed by atoms with Gasteiger partial charge in [0.2, 0.25) is 6.41 Å². The van der Waals surface area contributed by atoms with Gasteiger partial charge in [-0.1, -0.05) is 20.8 Å². The first-order chi connectivity index (χ1) is 6.74. The summed E-state index contributed by atoms with van der Waals surface area (Å²) in [4.78, 5) is 22.6. The number of carbonyl (C=O) groups is 2. The summed E-state index contributed by atoms with van der Waals surface area (Å²) >= 11 is 1.37. The molecule has 1 unspecified atom stereocenters. The molecule has 0 spiro atoms. The maximum absolute atomic E-state index is 11.0. The third-order valence-corrected chi connectivity index (χ3v) is 4.44. The van der Waals surface area contributed by atoms with Crippen molar-refractivity contribution in [1.82, 2.24) is 4.90 Å². The lowest BCUT2D eigenvalue weighted by atomic mass is 9.86. The molecule has 0 aromatic heterocycles. The van der Waals surface area contributed by atoms with Gasteiger partial charge in [-0.25, -0.2) is 4.79 Å². The number of rotatable bonds is 2. The number of carboxylic acid groups (broad SMARTS) is 1. The van der Waals surface area contributed by atoms with Crippen LogP contribution in [-0.4, -0.2) is 27.3 Å². The van der Waals surface area contributed by atoms with E-state index in [0.717, 1.165) is 0 Å². The van der Waals surface area contributed by atoms with Crippen LogP contribution in [0.3, 0.4) is 0 Å². The zero-order valence-corrected chi connectivity index (χ0v) is 10.1. The van der Waals surface area contributed by atoms with Crippen molar-refractivity contribution in [1.29, 1.82) is 0 Å². The summed E-state index contributed by atoms with van der Waals surface area (Å²) in [5.74, 6) is -1.07. The van der Waals surface area contributed by atoms with E-state index in [4.69, 9.17) is 5.11 Å². The average molecular weight is 229 g/mol. The molecule has 0 saturated carbocycles. The molecule has 1 atom stereocenters. The van der Waals surface area contributed by atoms with Crippen LogP contribution in [0.4, 0.5) is 0 Å². The molecule has 1 N–H and O–H groups in total. The molecule has 0 radical (unpaired) electrons. The highest BCUT2D eigenvalue weighted by molar-refractivity contribution is 8.03. The van der Waals surface area contributed by atoms with E-state index in [1.807, 2.05) is 27.7 Å². The van der Waals surface area contributed by atoms with Crippen molar-refractivity contribution in [3.05, 3.63) is 11.1 Å². The summed E-state index contributed by atoms with van der Waals surface area (Å²) in [5, 5.41) is 10.5. The number of amides is 1. The van der Waals surface area contributed by atoms with Crippen LogP contribution in [0.1, 0.15) is 27.7 Å². The second-order valence-electron chi connectivity index (χ2n) is 4.63. The first-order valence-electron chi connectivity index (χ1n) is 4.60. The number of hydrogen-bond acceptors (Lipinski definition) is 3. The number of thioether (sulfide) groups is 1. The van der Waals surface area contributed by atoms with E-state index in [2.05, 4.69) is 0 Å². The second-order valence-corrected chi connectivity index (χ2v) is 5.90. The van der Waals surface area contributed by atoms with E-state index in [1.54, 1.807) is 0 Å². The van der Waals surface area contributed by atoms with Gasteiger partial charge in [-0.3, -0.25) is 9.69 Å². The lowest BCUT2D eigenvalue weighted by Gasteiger charge is -2.43. The van der Waals surface area contributed by atoms with Crippen LogP contribution < -0.4 is 0 Å². The van der Waals surface area contributed by atoms with Crippen molar-refractivity contribution >= 4 is 24.1 Å². The second kappa shape index (κ2) is 3.56. The highest BCUT2D eigenvalue weighted by atomic mass is 32.2. The van der Waals surface area contributed by atoms with Crippen molar-refractivity contribution in [2.75, 3.05) is 0 Å². The molecule has 1 heterocycles. The maximum Gasteiger partial charge on any atom is 0.353 e. The minimum Gasteiger partial charge on any atom is -0.477 e. The summed E-state index contributed by atoms with van der Waals surface area (Å²) < 4.78 is 0. The van der Waals surface area contributed by atoms with Gasteiger partial charge in [-0.05, 0) is 12.3 Å². The molecule has 15 heavy (non-hydrogen) atoms. The van der Waals surface area contributed by atoms with E-state index in [1.165, 1.54) is 22.1 Å². The zero-order valence-electron chi connectivity index (χ0n) is 9.27. The summed E-state index contributed by atoms with van der Waals surface area (Å²) in [5.41, 5.74) is -0.154. The molecule has 1 amide bonds. The summed E-state index contributed by atoms with van der Waals surface area (Å²) in [7, 11) is 0. The van der Waals surface area contributed by atoms with Crippen LogP contribution in [0.15, 0.2) is 11.1 Å². The summed E-state index contributed by atoms with van der Waals surface area (Å²) in [6.45, 7) is 7.82. The lowest BCUT2D eigenvalue weighted by Crippen LogP contribution is -2.49. The summed E-state index contributed by atoms with van der Waals surface area (Å²) in [6, 6.07) is 0. The SMILES string of the molecule is CC(C)(C)C1(C)SC=C(C(=O)O)N1C=O. The van der Waals surface area contributed by atoms with E-state index in [0.29, 0.717) is 6.41 Å². The molecule has 4 nitrogen and oxygen atoms in total. The third-order valence-electron chi connectivity index (χ3n) is 2.84. The molecule has 0 aliphatic carbocycles. The molecule has 0 fully saturated rings. The Bertz CT molecular complexity index is 332. The Morgan fingerprint density at radius 2 is 2.13 bits per heavy atom. The molecule has 0 aromatic carbocycles. The van der Waals surface area contributed by atoms with Gasteiger partial charge in [-0.15, -0.1) is 11.8 Å². The molecule has 5 heteroatoms. The Labute approximate surface area is 93.3 Å². The van der Waals surface area contributed by atoms with Crippen LogP contribution in [-0.2, 0) is 9.59 Å². The number of nitrogens with zero attached hydrogens (tertiary/aromatic N) is 1. The Hall–Kier alpha value is -0.970. The van der Waals surface area contributed by atoms with Crippen molar-refractivity contribution in [3.8, 4) is 0 Å². The van der Waals surface area contributed by atoms with Crippen LogP contribution in [0.5, 0.6) is 0 Å². The number of carbonyl (C=O) groups excluding carboxylic acids is 1. The van der Waals surface area contributed by atoms with Crippen LogP contribution in [0, 0.1) is 5.41 Å². The normalized spacial score (nSPS) is 26.4. The molecular weight excluding hydrogens is 214 g/mol. The minimum absolute atomic E-state index is 0.0485. The summed E-state index contributed by atoms with van der Waals surface area (Å²) in [6.07, 6.45) is 0.588. The van der Waals surface area contributed by atoms with Crippen molar-refractivity contribution in [2.24, 2.45) is 5.41 Å². The Morgan fingerprint density at radius 1 is 1.60 bits per heavy atom. The van der Waals surface area contributed by atoms with Gasteiger partial charge in [-0.2, -0.15) is 0 Å². The third kappa shape index (κ3) is 1.76. The fraction of sp³-hybridized carbons (Fsp3) is 0.600. The maximum atomic E-state index is 11.0. The zero-order chi connectivity index (χ0) is 11.9. The van der Waals surface area contributed by atoms with Gasteiger partial charge in [0, 0.05) is 5.41 Å². The minimum atomic E-state index is -1.07. The quantitative estimate of drug-likeness (QED) is 0.734. The van der Waals surface area contributed by atoms with Gasteiger partial charge in [0.15, 0.2) is 0 Å². The smallest absolute Gasteiger partial charge is 0.353 e. The monoisotopic (exact) mass is 229 g/mol. The number of aliphatic carboxylic acids is 1. The standard InChI is InChI=1S/C10H15NO3S/c1-9(2,3)10(4)11(6-12)7(5-15-10)8(13)14/h5-6H,1-4H3,(H,13,14). The van der Waals surface area contributed by atoms with Crippen LogP contribution in [0.25, 0.3) is 0 Å². The average Bonchev–Trinajstić information content (AvgIpc) is 2.42. The topological polar surface area (TPSA) is 57.6 Å². The molecular formula is C10H15NO3S. The fourth-order valence-electron chi connectivity index (χ4n) is 1.36. The Morgan fingerprint density at radius 3 is 2.47 bits per heavy atom. The number of hydrogen-bond donors (Lipinski definition) is 1. The lowest BCUT2D eigenvalue weighted by molar-refractivity contribution is -0.138. The molecule has 0 saturated heterocycles. The molecule has 1 aliphatic rings. The predicted molar refractivity (Wildman–Crippen MR) is 59.1 cm³/mol. The molecule has 1 rings (SSSR count). The van der Waals surface area contributed by atoms with Gasteiger partial charge >= 0.3 is 5.97 Å². The first-order valence-corrected chi connectivity index (χ1v) is 5.48. The Balaban J connectivity index is 3.11. The number of carboxylic acids is 1. The van der Waals surface area contributed by atoms with Crippen molar-refractivity contribution in [2.45, 2.75) is 32.6 Å². The van der Waals surface area contributed by atoms with E-state index in [-0.39, 0.29) is 11.1 Å². The van der Waals surface area contributed by atoms with Gasteiger partial charge < -0.3 is 5.11 Å². The molecule has 84 valence electrons. The molecule has 0 aromatic rings. The van der Waals surface area contributed by atoms with E-state index in [9.17, 15) is 9.59 Å². The predicted octanol–water partition coefficient (Wildman–Crippen LogP) is 1.88. The highest BCUT2D eigenvalue weighted by Crippen LogP contribution is 2.50. The van der Waals surface area contributed by atoms with Crippen LogP contribution in [0.2, 0.25) is 0 Å². The highest BCUT2D eigenvalue weighted by Gasteiger charge is 2.48. The van der Waals surface area contributed by atoms with Gasteiger partial charge in [0.1, 0.15) is 5.70 Å². The van der Waals surface area contributed by atoms with Gasteiger partial charge in [0.25, 0.3) is 0 Å². The fourth-order valence-corrected chi connectivity index (χ4v) is 2.53. The van der Waals surface area contributed by atoms with E-state index < -0.39 is 10.8 Å². The largest absolute Gasteiger partial charge is 0.477 e. The molecule has 0 bridgehead atoms. The van der Waals surface area contributed by atoms with E-state index >= 15 is 0 Å². The first kappa shape index (κ1) is 12.1. The van der Waals surface area contributed by atoms with Gasteiger partial charge in [0.05, 0.1) is 4.87 Å². The van der Waals surface area contributed by atoms with Crippen LogP contribution >= 0.6 is 11.8 Å². The van der Waals surface area contributed by atoms with Crippen molar-refractivity contribution < 1.29 is 14.7 Å². The Kier molecular flexibility index (Phi) is 2.87. The molecule has 1 aliphatic heterocycles.